The summed E-state index contributed by atoms with van der Waals surface area (Å²) >= 11 is 0.919. The van der Waals surface area contributed by atoms with Gasteiger partial charge in [0.05, 0.1) is 28.8 Å². The van der Waals surface area contributed by atoms with Gasteiger partial charge in [-0.3, -0.25) is 44.1 Å². The number of amides is 5. The Morgan fingerprint density at radius 2 is 1.88 bits per heavy atom. The Balaban J connectivity index is 0.910. The first kappa shape index (κ1) is 41.9. The van der Waals surface area contributed by atoms with Gasteiger partial charge in [-0.1, -0.05) is 17.4 Å². The molecule has 1 saturated heterocycles. The number of nitro groups is 1. The molecule has 2 aromatic heterocycles. The lowest BCUT2D eigenvalue weighted by Crippen LogP contribution is -2.52. The highest BCUT2D eigenvalue weighted by molar-refractivity contribution is 7.92. The van der Waals surface area contributed by atoms with Crippen LogP contribution in [0.3, 0.4) is 0 Å². The monoisotopic (exact) mass is 845 g/mol. The fourth-order valence-corrected chi connectivity index (χ4v) is 8.05. The molecule has 308 valence electrons. The number of hydrogen-bond acceptors (Lipinski definition) is 14. The van der Waals surface area contributed by atoms with Crippen molar-refractivity contribution in [2.45, 2.75) is 56.0 Å². The maximum absolute atomic E-state index is 13.1. The molecule has 19 nitrogen and oxygen atoms in total. The number of nitrogens with zero attached hydrogens (tertiary/aromatic N) is 4. The number of piperidine rings is 1. The van der Waals surface area contributed by atoms with E-state index in [1.54, 1.807) is 12.1 Å². The molecule has 0 bridgehead atoms. The van der Waals surface area contributed by atoms with Gasteiger partial charge in [0.25, 0.3) is 21.8 Å². The third-order valence-corrected chi connectivity index (χ3v) is 11.6. The second-order valence-corrected chi connectivity index (χ2v) is 16.1. The Kier molecular flexibility index (Phi) is 13.3. The first-order valence-electron chi connectivity index (χ1n) is 18.3. The van der Waals surface area contributed by atoms with Gasteiger partial charge in [-0.25, -0.2) is 18.4 Å². The van der Waals surface area contributed by atoms with Gasteiger partial charge in [-0.05, 0) is 74.2 Å². The summed E-state index contributed by atoms with van der Waals surface area (Å²) in [5, 5.41) is 21.9. The van der Waals surface area contributed by atoms with Crippen molar-refractivity contribution in [2.24, 2.45) is 0 Å². The molecule has 1 fully saturated rings. The lowest BCUT2D eigenvalue weighted by Gasteiger charge is -2.29. The Morgan fingerprint density at radius 1 is 1.08 bits per heavy atom. The number of rotatable bonds is 18. The summed E-state index contributed by atoms with van der Waals surface area (Å²) < 4.78 is 33.9. The van der Waals surface area contributed by atoms with Crippen LogP contribution in [-0.2, 0) is 42.2 Å². The lowest BCUT2D eigenvalue weighted by molar-refractivity contribution is -0.380. The van der Waals surface area contributed by atoms with Gasteiger partial charge >= 0.3 is 5.00 Å². The minimum absolute atomic E-state index is 0.0496. The number of aryl methyl sites for hydroxylation is 1. The van der Waals surface area contributed by atoms with Crippen LogP contribution < -0.4 is 30.7 Å². The van der Waals surface area contributed by atoms with E-state index in [2.05, 4.69) is 36.0 Å². The number of fused-ring (bicyclic) bond motifs is 1. The van der Waals surface area contributed by atoms with Crippen molar-refractivity contribution in [3.63, 3.8) is 0 Å². The molecular weight excluding hydrogens is 807 g/mol. The summed E-state index contributed by atoms with van der Waals surface area (Å²) in [5.74, 6) is -1.91. The molecule has 1 unspecified atom stereocenters. The van der Waals surface area contributed by atoms with Crippen LogP contribution in [0.5, 0.6) is 5.88 Å². The van der Waals surface area contributed by atoms with E-state index >= 15 is 0 Å². The maximum Gasteiger partial charge on any atom is 0.324 e. The number of benzene rings is 2. The number of carbonyl (C=O) groups excluding carboxylic acids is 5. The van der Waals surface area contributed by atoms with E-state index < -0.39 is 32.8 Å². The summed E-state index contributed by atoms with van der Waals surface area (Å²) in [5.41, 5.74) is 2.85. The number of thiophene rings is 1. The highest BCUT2D eigenvalue weighted by atomic mass is 32.2. The van der Waals surface area contributed by atoms with Gasteiger partial charge < -0.3 is 25.6 Å². The average molecular weight is 846 g/mol. The van der Waals surface area contributed by atoms with Crippen LogP contribution in [0, 0.1) is 10.1 Å². The van der Waals surface area contributed by atoms with E-state index in [0.717, 1.165) is 22.6 Å². The molecule has 0 saturated carbocycles. The van der Waals surface area contributed by atoms with E-state index in [4.69, 9.17) is 4.74 Å². The predicted octanol–water partition coefficient (Wildman–Crippen LogP) is 3.61. The summed E-state index contributed by atoms with van der Waals surface area (Å²) in [6.45, 7) is 1.08. The number of hydrogen-bond donors (Lipinski definition) is 5. The molecule has 0 aliphatic carbocycles. The second kappa shape index (κ2) is 18.7. The number of ether oxygens (including phenoxy) is 1. The molecule has 0 spiro atoms. The zero-order valence-corrected chi connectivity index (χ0v) is 33.2. The molecule has 4 aromatic rings. The van der Waals surface area contributed by atoms with E-state index in [9.17, 15) is 42.5 Å². The first-order chi connectivity index (χ1) is 28.3. The van der Waals surface area contributed by atoms with Crippen molar-refractivity contribution in [3.05, 3.63) is 98.7 Å². The van der Waals surface area contributed by atoms with Gasteiger partial charge in [0.15, 0.2) is 0 Å². The van der Waals surface area contributed by atoms with Gasteiger partial charge in [-0.15, -0.1) is 0 Å². The Hall–Kier alpha value is -6.74. The predicted molar refractivity (Wildman–Crippen MR) is 216 cm³/mol. The van der Waals surface area contributed by atoms with Crippen molar-refractivity contribution in [3.8, 4) is 5.88 Å². The van der Waals surface area contributed by atoms with Crippen molar-refractivity contribution < 1.29 is 42.1 Å². The largest absolute Gasteiger partial charge is 0.478 e. The molecular formula is C38H39N9O10S2. The first-order valence-corrected chi connectivity index (χ1v) is 20.6. The smallest absolute Gasteiger partial charge is 0.324 e. The summed E-state index contributed by atoms with van der Waals surface area (Å²) in [4.78, 5) is 82.6. The fraction of sp³-hybridized carbons (Fsp3) is 0.289. The van der Waals surface area contributed by atoms with Crippen molar-refractivity contribution >= 4 is 79.2 Å². The van der Waals surface area contributed by atoms with Crippen LogP contribution >= 0.6 is 11.3 Å². The number of carbonyl (C=O) groups is 5. The zero-order chi connectivity index (χ0) is 42.1. The van der Waals surface area contributed by atoms with Crippen LogP contribution in [0.1, 0.15) is 58.6 Å². The van der Waals surface area contributed by atoms with Crippen LogP contribution in [0.25, 0.3) is 6.08 Å². The van der Waals surface area contributed by atoms with E-state index in [1.807, 2.05) is 6.07 Å². The molecule has 2 aromatic carbocycles. The number of anilines is 3. The third kappa shape index (κ3) is 10.6. The van der Waals surface area contributed by atoms with Gasteiger partial charge in [0.1, 0.15) is 6.04 Å². The highest BCUT2D eigenvalue weighted by Gasteiger charge is 2.39. The summed E-state index contributed by atoms with van der Waals surface area (Å²) in [7, 11) is -2.80. The molecule has 21 heteroatoms. The number of sulfonamides is 1. The topological polar surface area (TPSA) is 261 Å². The second-order valence-electron chi connectivity index (χ2n) is 13.3. The fourth-order valence-electron chi connectivity index (χ4n) is 6.32. The van der Waals surface area contributed by atoms with Crippen LogP contribution in [-0.4, -0.2) is 84.0 Å². The third-order valence-electron chi connectivity index (χ3n) is 9.25. The minimum Gasteiger partial charge on any atom is -0.478 e. The SMILES string of the molecule is COc1nc(CCCNC(=O)CCCNc2cccc3c2CN(C2CCC(=O)NC2=O)C3=O)cnc1NS(=O)(=O)c1ccc(NC(=O)/C=C/c2ccc([N+](=O)[O-])s2)cc1. The number of methoxy groups -OCH3 is 1. The van der Waals surface area contributed by atoms with E-state index in [-0.39, 0.29) is 65.1 Å². The van der Waals surface area contributed by atoms with E-state index in [1.165, 1.54) is 66.8 Å². The van der Waals surface area contributed by atoms with Crippen molar-refractivity contribution in [2.75, 3.05) is 35.6 Å². The summed E-state index contributed by atoms with van der Waals surface area (Å²) in [6, 6.07) is 12.9. The normalized spacial score (nSPS) is 15.1. The minimum atomic E-state index is -4.13. The lowest BCUT2D eigenvalue weighted by atomic mass is 10.0. The van der Waals surface area contributed by atoms with Crippen LogP contribution in [0.15, 0.2) is 71.8 Å². The van der Waals surface area contributed by atoms with E-state index in [0.29, 0.717) is 54.2 Å². The van der Waals surface area contributed by atoms with Crippen molar-refractivity contribution in [1.29, 1.82) is 0 Å². The van der Waals surface area contributed by atoms with Gasteiger partial charge in [-0.2, -0.15) is 0 Å². The van der Waals surface area contributed by atoms with Crippen LogP contribution in [0.2, 0.25) is 0 Å². The van der Waals surface area contributed by atoms with Crippen LogP contribution in [0.4, 0.5) is 22.2 Å². The molecule has 6 rings (SSSR count). The molecule has 59 heavy (non-hydrogen) atoms. The van der Waals surface area contributed by atoms with Crippen molar-refractivity contribution in [1.82, 2.24) is 25.5 Å². The number of nitrogens with one attached hydrogen (secondary N) is 5. The number of imide groups is 1. The zero-order valence-electron chi connectivity index (χ0n) is 31.6. The highest BCUT2D eigenvalue weighted by Crippen LogP contribution is 2.32. The number of aromatic nitrogens is 2. The Morgan fingerprint density at radius 3 is 2.61 bits per heavy atom. The molecule has 2 aliphatic rings. The maximum atomic E-state index is 13.1. The molecule has 2 aliphatic heterocycles. The summed E-state index contributed by atoms with van der Waals surface area (Å²) in [6.07, 6.45) is 6.23. The molecule has 1 atom stereocenters. The molecule has 4 heterocycles. The van der Waals surface area contributed by atoms with Gasteiger partial charge in [0, 0.05) is 72.0 Å². The molecule has 5 N–H and O–H groups in total. The molecule has 5 amide bonds. The standard InChI is InChI=1S/C38H39N9O10S2/c1-57-37-35(45-59(55,56)26-13-9-23(10-14-26)42-32(49)16-11-25-12-18-34(58-25)47(53)54)41-21-24(43-37)5-3-20-40-31(48)8-4-19-39-29-7-2-6-27-28(29)22-46(38(27)52)30-15-17-33(50)44-36(30)51/h2,6-7,9-14,16,18,21,30,39H,3-5,8,15,17,19-20,22H2,1H3,(H,40,48)(H,41,45)(H,42,49)(H,44,50,51)/b16-11+. The average Bonchev–Trinajstić information content (AvgIpc) is 3.83. The van der Waals surface area contributed by atoms with Gasteiger partial charge in [0.2, 0.25) is 29.4 Å². The Labute approximate surface area is 341 Å². The quantitative estimate of drug-likeness (QED) is 0.0316. The Bertz CT molecular complexity index is 2420. The molecule has 0 radical (unpaired) electrons.